The number of nitrogens with one attached hydrogen (secondary N) is 5. The van der Waals surface area contributed by atoms with Crippen molar-refractivity contribution in [2.24, 2.45) is 23.7 Å². The number of sulfone groups is 1. The molecule has 0 fully saturated rings. The van der Waals surface area contributed by atoms with Gasteiger partial charge in [0.15, 0.2) is 9.84 Å². The summed E-state index contributed by atoms with van der Waals surface area (Å²) in [6, 6.07) is 2.91. The molecule has 1 unspecified atom stereocenters. The molecule has 0 aliphatic carbocycles. The summed E-state index contributed by atoms with van der Waals surface area (Å²) in [7, 11) is -3.54. The van der Waals surface area contributed by atoms with Crippen LogP contribution in [-0.4, -0.2) is 74.9 Å². The van der Waals surface area contributed by atoms with Crippen LogP contribution in [0.2, 0.25) is 0 Å². The molecular weight excluding hydrogens is 646 g/mol. The fourth-order valence-corrected chi connectivity index (χ4v) is 6.10. The molecule has 13 heteroatoms. The van der Waals surface area contributed by atoms with Crippen LogP contribution in [0.4, 0.5) is 0 Å². The number of amides is 5. The lowest BCUT2D eigenvalue weighted by Gasteiger charge is -2.28. The van der Waals surface area contributed by atoms with E-state index in [0.29, 0.717) is 45.1 Å². The van der Waals surface area contributed by atoms with Gasteiger partial charge in [-0.1, -0.05) is 74.3 Å². The summed E-state index contributed by atoms with van der Waals surface area (Å²) in [6.45, 7) is 17.6. The Hall–Kier alpha value is -3.48. The van der Waals surface area contributed by atoms with E-state index in [0.717, 1.165) is 6.26 Å². The van der Waals surface area contributed by atoms with Crippen molar-refractivity contribution in [1.29, 1.82) is 0 Å². The van der Waals surface area contributed by atoms with Crippen LogP contribution >= 0.6 is 0 Å². The number of carbonyl (C=O) groups is 5. The lowest BCUT2D eigenvalue weighted by Crippen LogP contribution is -2.56. The highest BCUT2D eigenvalue weighted by Crippen LogP contribution is 2.17. The number of hydrogen-bond acceptors (Lipinski definition) is 7. The van der Waals surface area contributed by atoms with Crippen LogP contribution in [0.25, 0.3) is 0 Å². The second kappa shape index (κ2) is 20.9. The average molecular weight is 708 g/mol. The summed E-state index contributed by atoms with van der Waals surface area (Å²) in [6.07, 6.45) is 4.28. The van der Waals surface area contributed by atoms with Gasteiger partial charge in [-0.3, -0.25) is 24.0 Å². The molecule has 0 radical (unpaired) electrons. The quantitative estimate of drug-likeness (QED) is 0.129. The van der Waals surface area contributed by atoms with E-state index in [1.165, 1.54) is 24.3 Å². The average Bonchev–Trinajstić information content (AvgIpc) is 3.03. The fourth-order valence-electron chi connectivity index (χ4n) is 5.43. The molecule has 1 aromatic carbocycles. The van der Waals surface area contributed by atoms with Crippen molar-refractivity contribution in [3.8, 4) is 0 Å². The van der Waals surface area contributed by atoms with E-state index in [1.807, 2.05) is 55.4 Å². The fraction of sp³-hybridized carbons (Fsp3) is 0.694. The first-order chi connectivity index (χ1) is 22.9. The Morgan fingerprint density at radius 2 is 1.39 bits per heavy atom. The van der Waals surface area contributed by atoms with Gasteiger partial charge in [0.05, 0.1) is 4.90 Å². The highest BCUT2D eigenvalue weighted by atomic mass is 32.2. The first-order valence-corrected chi connectivity index (χ1v) is 19.5. The maximum Gasteiger partial charge on any atom is 0.251 e. The number of rotatable bonds is 21. The minimum atomic E-state index is -3.54. The van der Waals surface area contributed by atoms with Gasteiger partial charge in [-0.15, -0.1) is 0 Å². The molecular formula is C36H61N5O7S. The first-order valence-electron chi connectivity index (χ1n) is 17.7. The second-order valence-electron chi connectivity index (χ2n) is 13.9. The topological polar surface area (TPSA) is 180 Å². The van der Waals surface area contributed by atoms with Crippen molar-refractivity contribution in [2.75, 3.05) is 12.8 Å². The monoisotopic (exact) mass is 707 g/mol. The summed E-state index contributed by atoms with van der Waals surface area (Å²) < 4.78 is 24.0. The molecule has 1 rings (SSSR count). The third kappa shape index (κ3) is 14.9. The molecule has 5 N–H and O–H groups in total. The van der Waals surface area contributed by atoms with Gasteiger partial charge in [0.25, 0.3) is 5.91 Å². The zero-order valence-corrected chi connectivity index (χ0v) is 32.0. The summed E-state index contributed by atoms with van der Waals surface area (Å²) in [4.78, 5) is 65.9. The van der Waals surface area contributed by atoms with Gasteiger partial charge in [-0.2, -0.15) is 0 Å². The van der Waals surface area contributed by atoms with E-state index >= 15 is 0 Å². The van der Waals surface area contributed by atoms with Gasteiger partial charge in [0.2, 0.25) is 23.6 Å². The van der Waals surface area contributed by atoms with Crippen LogP contribution in [-0.2, 0) is 29.0 Å². The third-order valence-electron chi connectivity index (χ3n) is 8.61. The van der Waals surface area contributed by atoms with Gasteiger partial charge in [0, 0.05) is 30.3 Å². The summed E-state index contributed by atoms with van der Waals surface area (Å²) in [5.74, 6) is -2.40. The minimum absolute atomic E-state index is 0.00512. The van der Waals surface area contributed by atoms with Crippen LogP contribution in [0.3, 0.4) is 0 Å². The second-order valence-corrected chi connectivity index (χ2v) is 15.9. The zero-order chi connectivity index (χ0) is 37.5. The van der Waals surface area contributed by atoms with Crippen molar-refractivity contribution in [3.05, 3.63) is 29.8 Å². The predicted octanol–water partition coefficient (Wildman–Crippen LogP) is 3.74. The molecule has 49 heavy (non-hydrogen) atoms. The molecule has 6 atom stereocenters. The van der Waals surface area contributed by atoms with Gasteiger partial charge in [-0.25, -0.2) is 8.42 Å². The van der Waals surface area contributed by atoms with E-state index in [4.69, 9.17) is 0 Å². The number of benzene rings is 1. The lowest BCUT2D eigenvalue weighted by molar-refractivity contribution is -0.132. The van der Waals surface area contributed by atoms with Gasteiger partial charge in [-0.05, 0) is 68.6 Å². The molecule has 0 bridgehead atoms. The maximum atomic E-state index is 13.6. The molecule has 0 aromatic heterocycles. The minimum Gasteiger partial charge on any atom is -0.355 e. The van der Waals surface area contributed by atoms with Crippen molar-refractivity contribution < 1.29 is 32.4 Å². The standard InChI is InChI=1S/C36H61N5O7S/c1-11-15-29(39-36(46)31(24(8)12-2)41-33(43)26-16-14-17-28(21-26)49(10,47)48)34(44)38-27(20-22(4)5)19-18-25(9)32(42)40-30(23(6)7)35(45)37-13-3/h14,16-17,21-25,27,29-31H,11-13,15,18-20H2,1-10H3,(H,37,45)(H,38,44)(H,39,46)(H,40,42)(H,41,43)/t24-,25+,27+,29-,30?,31-/m0/s1. The van der Waals surface area contributed by atoms with E-state index in [-0.39, 0.29) is 52.0 Å². The van der Waals surface area contributed by atoms with Crippen LogP contribution in [0.1, 0.15) is 111 Å². The van der Waals surface area contributed by atoms with Crippen LogP contribution in [0, 0.1) is 23.7 Å². The Labute approximate surface area is 294 Å². The largest absolute Gasteiger partial charge is 0.355 e. The highest BCUT2D eigenvalue weighted by molar-refractivity contribution is 7.90. The molecule has 0 spiro atoms. The van der Waals surface area contributed by atoms with Gasteiger partial charge >= 0.3 is 0 Å². The SMILES string of the molecule is CCC[C@H](NC(=O)[C@@H](NC(=O)c1cccc(S(C)(=O)=O)c1)[C@@H](C)CC)C(=O)N[C@H](CC[C@@H](C)C(=O)NC(C(=O)NCC)C(C)C)CC(C)C. The van der Waals surface area contributed by atoms with Crippen molar-refractivity contribution in [1.82, 2.24) is 26.6 Å². The lowest BCUT2D eigenvalue weighted by atomic mass is 9.94. The van der Waals surface area contributed by atoms with Gasteiger partial charge in [0.1, 0.15) is 18.1 Å². The zero-order valence-electron chi connectivity index (χ0n) is 31.1. The Balaban J connectivity index is 3.05. The van der Waals surface area contributed by atoms with Crippen molar-refractivity contribution >= 4 is 39.4 Å². The predicted molar refractivity (Wildman–Crippen MR) is 192 cm³/mol. The normalized spacial score (nSPS) is 15.3. The summed E-state index contributed by atoms with van der Waals surface area (Å²) in [5.41, 5.74) is 0.107. The molecule has 5 amide bonds. The van der Waals surface area contributed by atoms with Crippen molar-refractivity contribution in [2.45, 2.75) is 130 Å². The molecule has 12 nitrogen and oxygen atoms in total. The highest BCUT2D eigenvalue weighted by Gasteiger charge is 2.31. The Bertz CT molecular complexity index is 1360. The molecule has 0 heterocycles. The molecule has 0 aliphatic rings. The smallest absolute Gasteiger partial charge is 0.251 e. The van der Waals surface area contributed by atoms with Crippen molar-refractivity contribution in [3.63, 3.8) is 0 Å². The van der Waals surface area contributed by atoms with E-state index in [2.05, 4.69) is 26.6 Å². The number of hydrogen-bond donors (Lipinski definition) is 5. The third-order valence-corrected chi connectivity index (χ3v) is 9.72. The van der Waals surface area contributed by atoms with E-state index < -0.39 is 45.7 Å². The number of likely N-dealkylation sites (N-methyl/N-ethyl adjacent to an activating group) is 1. The van der Waals surface area contributed by atoms with Crippen LogP contribution in [0.5, 0.6) is 0 Å². The van der Waals surface area contributed by atoms with E-state index in [9.17, 15) is 32.4 Å². The molecule has 0 saturated heterocycles. The van der Waals surface area contributed by atoms with E-state index in [1.54, 1.807) is 6.92 Å². The van der Waals surface area contributed by atoms with Crippen LogP contribution < -0.4 is 26.6 Å². The van der Waals surface area contributed by atoms with Crippen LogP contribution in [0.15, 0.2) is 29.2 Å². The maximum absolute atomic E-state index is 13.6. The Morgan fingerprint density at radius 3 is 1.92 bits per heavy atom. The Kier molecular flexibility index (Phi) is 18.6. The summed E-state index contributed by atoms with van der Waals surface area (Å²) in [5, 5.41) is 14.4. The molecule has 1 aromatic rings. The Morgan fingerprint density at radius 1 is 0.735 bits per heavy atom. The molecule has 0 aliphatic heterocycles. The first kappa shape index (κ1) is 43.5. The number of carbonyl (C=O) groups excluding carboxylic acids is 5. The summed E-state index contributed by atoms with van der Waals surface area (Å²) >= 11 is 0. The van der Waals surface area contributed by atoms with Gasteiger partial charge < -0.3 is 26.6 Å². The molecule has 0 saturated carbocycles. The molecule has 278 valence electrons.